The van der Waals surface area contributed by atoms with Gasteiger partial charge in [0.25, 0.3) is 0 Å². The minimum atomic E-state index is 0.287. The summed E-state index contributed by atoms with van der Waals surface area (Å²) in [7, 11) is 0. The molecule has 0 aromatic heterocycles. The van der Waals surface area contributed by atoms with E-state index in [1.165, 1.54) is 0 Å². The highest BCUT2D eigenvalue weighted by atomic mass is 16.3. The van der Waals surface area contributed by atoms with E-state index in [1.54, 1.807) is 0 Å². The van der Waals surface area contributed by atoms with E-state index in [0.29, 0.717) is 19.0 Å². The molecule has 4 nitrogen and oxygen atoms in total. The van der Waals surface area contributed by atoms with E-state index in [0.717, 1.165) is 25.7 Å². The zero-order chi connectivity index (χ0) is 10.4. The van der Waals surface area contributed by atoms with Crippen molar-refractivity contribution < 1.29 is 0 Å². The Labute approximate surface area is 84.4 Å². The number of rotatable bonds is 4. The average molecular weight is 198 g/mol. The van der Waals surface area contributed by atoms with Crippen LogP contribution < -0.4 is 0 Å². The van der Waals surface area contributed by atoms with Crippen molar-refractivity contribution in [2.24, 2.45) is 28.1 Å². The minimum Gasteiger partial charge on any atom is -0.151 e. The van der Waals surface area contributed by atoms with Gasteiger partial charge in [-0.3, -0.25) is 0 Å². The predicted molar refractivity (Wildman–Crippen MR) is 55.9 cm³/mol. The standard InChI is InChI=1S/C10H18N2O2/c1-8-2-4-9(6-11-13)10(5-3-8)7-12-14/h8-10H,2-7H2,1H3. The number of nitrogens with zero attached hydrogens (tertiary/aromatic N) is 2. The lowest BCUT2D eigenvalue weighted by Crippen LogP contribution is -2.18. The molecule has 0 radical (unpaired) electrons. The molecular formula is C10H18N2O2. The first-order valence-electron chi connectivity index (χ1n) is 5.36. The van der Waals surface area contributed by atoms with E-state index in [2.05, 4.69) is 17.3 Å². The van der Waals surface area contributed by atoms with Crippen LogP contribution in [0.2, 0.25) is 0 Å². The summed E-state index contributed by atoms with van der Waals surface area (Å²) in [5, 5.41) is 5.93. The third-order valence-corrected chi connectivity index (χ3v) is 3.35. The molecule has 1 rings (SSSR count). The van der Waals surface area contributed by atoms with Crippen LogP contribution in [0, 0.1) is 27.6 Å². The zero-order valence-electron chi connectivity index (χ0n) is 8.69. The van der Waals surface area contributed by atoms with Gasteiger partial charge in [-0.2, -0.15) is 9.81 Å². The molecule has 0 aromatic rings. The van der Waals surface area contributed by atoms with E-state index in [4.69, 9.17) is 0 Å². The molecule has 14 heavy (non-hydrogen) atoms. The molecule has 0 aliphatic heterocycles. The van der Waals surface area contributed by atoms with Crippen LogP contribution in [0.5, 0.6) is 0 Å². The number of nitroso groups, excluding NO2 is 2. The van der Waals surface area contributed by atoms with Crippen molar-refractivity contribution in [2.45, 2.75) is 32.6 Å². The summed E-state index contributed by atoms with van der Waals surface area (Å²) in [6.45, 7) is 2.93. The van der Waals surface area contributed by atoms with Gasteiger partial charge < -0.3 is 0 Å². The lowest BCUT2D eigenvalue weighted by Gasteiger charge is -2.19. The van der Waals surface area contributed by atoms with Crippen molar-refractivity contribution in [3.63, 3.8) is 0 Å². The Morgan fingerprint density at radius 1 is 0.929 bits per heavy atom. The number of hydrogen-bond acceptors (Lipinski definition) is 4. The van der Waals surface area contributed by atoms with Gasteiger partial charge in [0, 0.05) is 0 Å². The van der Waals surface area contributed by atoms with Gasteiger partial charge >= 0.3 is 0 Å². The summed E-state index contributed by atoms with van der Waals surface area (Å²) < 4.78 is 0. The van der Waals surface area contributed by atoms with Gasteiger partial charge in [0.05, 0.1) is 13.1 Å². The highest BCUT2D eigenvalue weighted by molar-refractivity contribution is 4.78. The van der Waals surface area contributed by atoms with E-state index >= 15 is 0 Å². The first-order valence-corrected chi connectivity index (χ1v) is 5.36. The first-order chi connectivity index (χ1) is 6.77. The third-order valence-electron chi connectivity index (χ3n) is 3.35. The Morgan fingerprint density at radius 3 is 1.71 bits per heavy atom. The lowest BCUT2D eigenvalue weighted by molar-refractivity contribution is 0.328. The summed E-state index contributed by atoms with van der Waals surface area (Å²) >= 11 is 0. The van der Waals surface area contributed by atoms with Crippen LogP contribution in [0.4, 0.5) is 0 Å². The fourth-order valence-corrected chi connectivity index (χ4v) is 2.29. The Kier molecular flexibility index (Phi) is 4.70. The van der Waals surface area contributed by atoms with E-state index < -0.39 is 0 Å². The molecule has 2 atom stereocenters. The van der Waals surface area contributed by atoms with E-state index in [1.807, 2.05) is 0 Å². The second kappa shape index (κ2) is 5.83. The van der Waals surface area contributed by atoms with E-state index in [-0.39, 0.29) is 11.8 Å². The van der Waals surface area contributed by atoms with Crippen LogP contribution in [0.1, 0.15) is 32.6 Å². The molecule has 0 N–H and O–H groups in total. The Morgan fingerprint density at radius 2 is 1.36 bits per heavy atom. The molecule has 1 saturated carbocycles. The van der Waals surface area contributed by atoms with Crippen molar-refractivity contribution in [1.82, 2.24) is 0 Å². The largest absolute Gasteiger partial charge is 0.151 e. The molecule has 1 aliphatic carbocycles. The topological polar surface area (TPSA) is 58.9 Å². The molecule has 1 fully saturated rings. The predicted octanol–water partition coefficient (Wildman–Crippen LogP) is 2.96. The van der Waals surface area contributed by atoms with Crippen LogP contribution >= 0.6 is 0 Å². The highest BCUT2D eigenvalue weighted by Crippen LogP contribution is 2.32. The molecule has 0 amide bonds. The Balaban J connectivity index is 2.55. The van der Waals surface area contributed by atoms with Crippen LogP contribution in [-0.4, -0.2) is 13.1 Å². The number of hydrogen-bond donors (Lipinski definition) is 0. The molecular weight excluding hydrogens is 180 g/mol. The molecule has 0 heterocycles. The van der Waals surface area contributed by atoms with Crippen LogP contribution in [0.25, 0.3) is 0 Å². The van der Waals surface area contributed by atoms with Crippen molar-refractivity contribution in [3.05, 3.63) is 9.81 Å². The van der Waals surface area contributed by atoms with Crippen LogP contribution in [0.3, 0.4) is 0 Å². The van der Waals surface area contributed by atoms with Gasteiger partial charge in [-0.25, -0.2) is 0 Å². The molecule has 4 heteroatoms. The SMILES string of the molecule is CC1CCC(CN=O)C(CN=O)CC1. The van der Waals surface area contributed by atoms with Gasteiger partial charge in [0.15, 0.2) is 0 Å². The fraction of sp³-hybridized carbons (Fsp3) is 1.00. The second-order valence-corrected chi connectivity index (χ2v) is 4.40. The van der Waals surface area contributed by atoms with Gasteiger partial charge in [-0.15, -0.1) is 0 Å². The second-order valence-electron chi connectivity index (χ2n) is 4.40. The van der Waals surface area contributed by atoms with Crippen molar-refractivity contribution in [1.29, 1.82) is 0 Å². The fourth-order valence-electron chi connectivity index (χ4n) is 2.29. The normalized spacial score (nSPS) is 33.4. The summed E-state index contributed by atoms with van der Waals surface area (Å²) in [4.78, 5) is 20.5. The minimum absolute atomic E-state index is 0.287. The lowest BCUT2D eigenvalue weighted by atomic mass is 9.88. The summed E-state index contributed by atoms with van der Waals surface area (Å²) in [5.41, 5.74) is 0. The van der Waals surface area contributed by atoms with Gasteiger partial charge in [0.2, 0.25) is 0 Å². The van der Waals surface area contributed by atoms with E-state index in [9.17, 15) is 9.81 Å². The Bertz CT molecular complexity index is 177. The third kappa shape index (κ3) is 3.16. The quantitative estimate of drug-likeness (QED) is 0.515. The van der Waals surface area contributed by atoms with Crippen LogP contribution in [-0.2, 0) is 0 Å². The van der Waals surface area contributed by atoms with Crippen molar-refractivity contribution >= 4 is 0 Å². The molecule has 0 spiro atoms. The average Bonchev–Trinajstić information content (AvgIpc) is 2.33. The van der Waals surface area contributed by atoms with Gasteiger partial charge in [-0.1, -0.05) is 30.1 Å². The maximum absolute atomic E-state index is 10.3. The van der Waals surface area contributed by atoms with Crippen LogP contribution in [0.15, 0.2) is 10.4 Å². The molecule has 1 aliphatic rings. The maximum Gasteiger partial charge on any atom is 0.0842 e. The van der Waals surface area contributed by atoms with Gasteiger partial charge in [-0.05, 0) is 30.6 Å². The molecule has 80 valence electrons. The summed E-state index contributed by atoms with van der Waals surface area (Å²) in [5.74, 6) is 1.28. The zero-order valence-corrected chi connectivity index (χ0v) is 8.69. The smallest absolute Gasteiger partial charge is 0.0842 e. The molecule has 0 bridgehead atoms. The summed E-state index contributed by atoms with van der Waals surface area (Å²) in [6.07, 6.45) is 4.34. The van der Waals surface area contributed by atoms with Crippen molar-refractivity contribution in [3.8, 4) is 0 Å². The highest BCUT2D eigenvalue weighted by Gasteiger charge is 2.26. The van der Waals surface area contributed by atoms with Crippen molar-refractivity contribution in [2.75, 3.05) is 13.1 Å². The maximum atomic E-state index is 10.3. The van der Waals surface area contributed by atoms with Gasteiger partial charge in [0.1, 0.15) is 0 Å². The first kappa shape index (κ1) is 11.3. The monoisotopic (exact) mass is 198 g/mol. The molecule has 0 saturated heterocycles. The molecule has 0 aromatic carbocycles. The summed E-state index contributed by atoms with van der Waals surface area (Å²) in [6, 6.07) is 0. The Hall–Kier alpha value is -0.800. The molecule has 2 unspecified atom stereocenters.